The number of hydrogen-bond donors (Lipinski definition) is 1. The monoisotopic (exact) mass is 269 g/mol. The van der Waals surface area contributed by atoms with Crippen molar-refractivity contribution in [2.45, 2.75) is 51.6 Å². The van der Waals surface area contributed by atoms with Gasteiger partial charge in [0.2, 0.25) is 0 Å². The van der Waals surface area contributed by atoms with E-state index in [2.05, 4.69) is 32.0 Å². The molecular weight excluding hydrogens is 246 g/mol. The molecule has 0 aliphatic heterocycles. The van der Waals surface area contributed by atoms with Crippen molar-refractivity contribution >= 4 is 10.9 Å². The standard InChI is InChI=1S/C18H23NO/c1-17(2)10-5-11-18(20,13-17)12-15-9-8-14-6-3-4-7-16(14)19-15/h3-4,6-9,20H,5,10-13H2,1-2H3. The maximum Gasteiger partial charge on any atom is 0.0708 e. The van der Waals surface area contributed by atoms with Crippen molar-refractivity contribution in [3.8, 4) is 0 Å². The summed E-state index contributed by atoms with van der Waals surface area (Å²) in [6.45, 7) is 4.51. The highest BCUT2D eigenvalue weighted by Crippen LogP contribution is 2.42. The predicted molar refractivity (Wildman–Crippen MR) is 82.6 cm³/mol. The van der Waals surface area contributed by atoms with Crippen LogP contribution in [0.3, 0.4) is 0 Å². The largest absolute Gasteiger partial charge is 0.389 e. The number of rotatable bonds is 2. The van der Waals surface area contributed by atoms with Gasteiger partial charge in [-0.05, 0) is 36.8 Å². The van der Waals surface area contributed by atoms with E-state index in [4.69, 9.17) is 4.98 Å². The van der Waals surface area contributed by atoms with Gasteiger partial charge in [-0.25, -0.2) is 0 Å². The average Bonchev–Trinajstić information content (AvgIpc) is 2.36. The number of aromatic nitrogens is 1. The van der Waals surface area contributed by atoms with Gasteiger partial charge in [-0.1, -0.05) is 44.5 Å². The van der Waals surface area contributed by atoms with E-state index in [1.165, 1.54) is 6.42 Å². The van der Waals surface area contributed by atoms with E-state index < -0.39 is 5.60 Å². The van der Waals surface area contributed by atoms with Gasteiger partial charge in [0.05, 0.1) is 11.1 Å². The maximum absolute atomic E-state index is 10.9. The van der Waals surface area contributed by atoms with E-state index >= 15 is 0 Å². The third-order valence-electron chi connectivity index (χ3n) is 4.47. The number of aliphatic hydroxyl groups is 1. The molecule has 1 atom stereocenters. The number of para-hydroxylation sites is 1. The van der Waals surface area contributed by atoms with Crippen molar-refractivity contribution in [3.63, 3.8) is 0 Å². The van der Waals surface area contributed by atoms with Crippen LogP contribution in [0.25, 0.3) is 10.9 Å². The summed E-state index contributed by atoms with van der Waals surface area (Å²) in [7, 11) is 0. The molecule has 0 spiro atoms. The molecule has 20 heavy (non-hydrogen) atoms. The highest BCUT2D eigenvalue weighted by atomic mass is 16.3. The quantitative estimate of drug-likeness (QED) is 0.890. The van der Waals surface area contributed by atoms with Crippen LogP contribution in [0.15, 0.2) is 36.4 Å². The Morgan fingerprint density at radius 1 is 1.10 bits per heavy atom. The average molecular weight is 269 g/mol. The summed E-state index contributed by atoms with van der Waals surface area (Å²) >= 11 is 0. The van der Waals surface area contributed by atoms with Crippen molar-refractivity contribution in [1.29, 1.82) is 0 Å². The fraction of sp³-hybridized carbons (Fsp3) is 0.500. The molecule has 0 amide bonds. The smallest absolute Gasteiger partial charge is 0.0708 e. The van der Waals surface area contributed by atoms with Gasteiger partial charge in [0, 0.05) is 17.5 Å². The fourth-order valence-electron chi connectivity index (χ4n) is 3.66. The van der Waals surface area contributed by atoms with E-state index in [9.17, 15) is 5.11 Å². The number of pyridine rings is 1. The van der Waals surface area contributed by atoms with Gasteiger partial charge in [-0.15, -0.1) is 0 Å². The highest BCUT2D eigenvalue weighted by Gasteiger charge is 2.38. The zero-order valence-electron chi connectivity index (χ0n) is 12.4. The van der Waals surface area contributed by atoms with Gasteiger partial charge >= 0.3 is 0 Å². The lowest BCUT2D eigenvalue weighted by Gasteiger charge is -2.41. The normalized spacial score (nSPS) is 25.8. The van der Waals surface area contributed by atoms with Crippen molar-refractivity contribution in [2.75, 3.05) is 0 Å². The number of fused-ring (bicyclic) bond motifs is 1. The Hall–Kier alpha value is -1.41. The van der Waals surface area contributed by atoms with Gasteiger partial charge in [0.15, 0.2) is 0 Å². The molecule has 1 aromatic heterocycles. The Morgan fingerprint density at radius 3 is 2.70 bits per heavy atom. The fourth-order valence-corrected chi connectivity index (χ4v) is 3.66. The molecule has 0 saturated heterocycles. The zero-order valence-corrected chi connectivity index (χ0v) is 12.4. The van der Waals surface area contributed by atoms with Crippen molar-refractivity contribution < 1.29 is 5.11 Å². The minimum Gasteiger partial charge on any atom is -0.389 e. The number of hydrogen-bond acceptors (Lipinski definition) is 2. The summed E-state index contributed by atoms with van der Waals surface area (Å²) in [5.41, 5.74) is 1.67. The molecule has 1 aliphatic rings. The number of benzene rings is 1. The summed E-state index contributed by atoms with van der Waals surface area (Å²) in [6.07, 6.45) is 4.75. The first kappa shape index (κ1) is 13.6. The van der Waals surface area contributed by atoms with Crippen LogP contribution in [0.5, 0.6) is 0 Å². The molecule has 1 aromatic carbocycles. The molecule has 106 valence electrons. The molecular formula is C18H23NO. The topological polar surface area (TPSA) is 33.1 Å². The van der Waals surface area contributed by atoms with Crippen LogP contribution in [-0.4, -0.2) is 15.7 Å². The van der Waals surface area contributed by atoms with Gasteiger partial charge in [-0.3, -0.25) is 4.98 Å². The van der Waals surface area contributed by atoms with E-state index in [0.717, 1.165) is 35.9 Å². The van der Waals surface area contributed by atoms with Crippen LogP contribution in [0.1, 0.15) is 45.2 Å². The lowest BCUT2D eigenvalue weighted by Crippen LogP contribution is -2.40. The van der Waals surface area contributed by atoms with Crippen LogP contribution in [0.2, 0.25) is 0 Å². The van der Waals surface area contributed by atoms with Crippen molar-refractivity contribution in [1.82, 2.24) is 4.98 Å². The second kappa shape index (κ2) is 4.85. The van der Waals surface area contributed by atoms with Gasteiger partial charge in [0.25, 0.3) is 0 Å². The maximum atomic E-state index is 10.9. The summed E-state index contributed by atoms with van der Waals surface area (Å²) in [4.78, 5) is 4.70. The Kier molecular flexibility index (Phi) is 3.29. The van der Waals surface area contributed by atoms with Crippen LogP contribution in [0, 0.1) is 5.41 Å². The minimum atomic E-state index is -0.586. The van der Waals surface area contributed by atoms with E-state index in [0.29, 0.717) is 6.42 Å². The van der Waals surface area contributed by atoms with Gasteiger partial charge in [-0.2, -0.15) is 0 Å². The first-order chi connectivity index (χ1) is 9.46. The Balaban J connectivity index is 1.85. The third kappa shape index (κ3) is 2.85. The van der Waals surface area contributed by atoms with Crippen molar-refractivity contribution in [3.05, 3.63) is 42.1 Å². The van der Waals surface area contributed by atoms with E-state index in [1.807, 2.05) is 18.2 Å². The summed E-state index contributed by atoms with van der Waals surface area (Å²) in [5.74, 6) is 0. The summed E-state index contributed by atoms with van der Waals surface area (Å²) < 4.78 is 0. The summed E-state index contributed by atoms with van der Waals surface area (Å²) in [6, 6.07) is 12.3. The Bertz CT molecular complexity index is 620. The number of nitrogens with zero attached hydrogens (tertiary/aromatic N) is 1. The molecule has 2 nitrogen and oxygen atoms in total. The lowest BCUT2D eigenvalue weighted by molar-refractivity contribution is -0.0388. The molecule has 1 saturated carbocycles. The lowest BCUT2D eigenvalue weighted by atomic mass is 9.68. The summed E-state index contributed by atoms with van der Waals surface area (Å²) in [5, 5.41) is 12.1. The SMILES string of the molecule is CC1(C)CCCC(O)(Cc2ccc3ccccc3n2)C1. The molecule has 3 rings (SSSR count). The highest BCUT2D eigenvalue weighted by molar-refractivity contribution is 5.78. The predicted octanol–water partition coefficient (Wildman–Crippen LogP) is 4.11. The van der Waals surface area contributed by atoms with Crippen LogP contribution in [-0.2, 0) is 6.42 Å². The second-order valence-electron chi connectivity index (χ2n) is 7.09. The Labute approximate surface area is 120 Å². The molecule has 0 bridgehead atoms. The molecule has 1 N–H and O–H groups in total. The first-order valence-electron chi connectivity index (χ1n) is 7.53. The van der Waals surface area contributed by atoms with Crippen LogP contribution in [0.4, 0.5) is 0 Å². The van der Waals surface area contributed by atoms with E-state index in [-0.39, 0.29) is 5.41 Å². The molecule has 0 radical (unpaired) electrons. The van der Waals surface area contributed by atoms with Crippen molar-refractivity contribution in [2.24, 2.45) is 5.41 Å². The molecule has 1 heterocycles. The molecule has 2 aromatic rings. The minimum absolute atomic E-state index is 0.240. The molecule has 1 fully saturated rings. The van der Waals surface area contributed by atoms with Gasteiger partial charge in [0.1, 0.15) is 0 Å². The van der Waals surface area contributed by atoms with Crippen LogP contribution < -0.4 is 0 Å². The first-order valence-corrected chi connectivity index (χ1v) is 7.53. The zero-order chi connectivity index (χ0) is 14.2. The molecule has 2 heteroatoms. The van der Waals surface area contributed by atoms with E-state index in [1.54, 1.807) is 0 Å². The molecule has 1 aliphatic carbocycles. The Morgan fingerprint density at radius 2 is 1.90 bits per heavy atom. The molecule has 1 unspecified atom stereocenters. The third-order valence-corrected chi connectivity index (χ3v) is 4.47. The second-order valence-corrected chi connectivity index (χ2v) is 7.09. The van der Waals surface area contributed by atoms with Crippen LogP contribution >= 0.6 is 0 Å². The van der Waals surface area contributed by atoms with Gasteiger partial charge < -0.3 is 5.11 Å².